The lowest BCUT2D eigenvalue weighted by atomic mass is 10.1. The van der Waals surface area contributed by atoms with Gasteiger partial charge >= 0.3 is 0 Å². The standard InChI is InChI=1S/C23H23N5O2/c1-16-6-3-4-8-20(16)28-22(18-11-13-24-14-12-18)21(26-27-28)23(29)25-17(2)9-10-19-7-5-15-30-19/h3-8,11-15,17H,9-10H2,1-2H3,(H,25,29)/t17-/m0/s1. The summed E-state index contributed by atoms with van der Waals surface area (Å²) >= 11 is 0. The molecule has 1 atom stereocenters. The van der Waals surface area contributed by atoms with Gasteiger partial charge in [-0.1, -0.05) is 23.4 Å². The summed E-state index contributed by atoms with van der Waals surface area (Å²) in [6, 6.07) is 15.3. The molecule has 7 nitrogen and oxygen atoms in total. The van der Waals surface area contributed by atoms with Crippen molar-refractivity contribution in [3.8, 4) is 16.9 Å². The van der Waals surface area contributed by atoms with Crippen molar-refractivity contribution >= 4 is 5.91 Å². The Labute approximate surface area is 174 Å². The zero-order valence-corrected chi connectivity index (χ0v) is 16.9. The molecule has 0 bridgehead atoms. The quantitative estimate of drug-likeness (QED) is 0.506. The van der Waals surface area contributed by atoms with Crippen molar-refractivity contribution < 1.29 is 9.21 Å². The number of hydrogen-bond acceptors (Lipinski definition) is 5. The van der Waals surface area contributed by atoms with Crippen LogP contribution in [0.2, 0.25) is 0 Å². The van der Waals surface area contributed by atoms with E-state index in [0.29, 0.717) is 5.69 Å². The van der Waals surface area contributed by atoms with Crippen LogP contribution in [0.25, 0.3) is 16.9 Å². The Morgan fingerprint density at radius 2 is 1.93 bits per heavy atom. The monoisotopic (exact) mass is 401 g/mol. The Morgan fingerprint density at radius 1 is 1.13 bits per heavy atom. The van der Waals surface area contributed by atoms with Crippen LogP contribution in [0.5, 0.6) is 0 Å². The first-order valence-electron chi connectivity index (χ1n) is 9.89. The maximum atomic E-state index is 13.1. The maximum absolute atomic E-state index is 13.1. The Hall–Kier alpha value is -3.74. The molecular weight excluding hydrogens is 378 g/mol. The summed E-state index contributed by atoms with van der Waals surface area (Å²) in [5.41, 5.74) is 3.67. The second-order valence-corrected chi connectivity index (χ2v) is 7.21. The van der Waals surface area contributed by atoms with Crippen LogP contribution < -0.4 is 5.32 Å². The minimum absolute atomic E-state index is 0.0449. The first-order chi connectivity index (χ1) is 14.6. The summed E-state index contributed by atoms with van der Waals surface area (Å²) in [5, 5.41) is 11.6. The van der Waals surface area contributed by atoms with Crippen molar-refractivity contribution in [3.05, 3.63) is 84.2 Å². The molecule has 7 heteroatoms. The van der Waals surface area contributed by atoms with Gasteiger partial charge in [0.1, 0.15) is 11.5 Å². The van der Waals surface area contributed by atoms with Gasteiger partial charge in [-0.15, -0.1) is 5.10 Å². The average molecular weight is 401 g/mol. The Bertz CT molecular complexity index is 1120. The minimum Gasteiger partial charge on any atom is -0.469 e. The number of pyridine rings is 1. The van der Waals surface area contributed by atoms with Gasteiger partial charge in [-0.25, -0.2) is 4.68 Å². The van der Waals surface area contributed by atoms with Gasteiger partial charge in [0.25, 0.3) is 5.91 Å². The van der Waals surface area contributed by atoms with Crippen molar-refractivity contribution in [1.82, 2.24) is 25.3 Å². The molecule has 0 aliphatic rings. The van der Waals surface area contributed by atoms with E-state index >= 15 is 0 Å². The third-order valence-corrected chi connectivity index (χ3v) is 4.96. The van der Waals surface area contributed by atoms with Gasteiger partial charge in [0.05, 0.1) is 12.0 Å². The van der Waals surface area contributed by atoms with Crippen molar-refractivity contribution in [2.45, 2.75) is 32.7 Å². The van der Waals surface area contributed by atoms with Crippen molar-refractivity contribution in [3.63, 3.8) is 0 Å². The third kappa shape index (κ3) is 4.15. The van der Waals surface area contributed by atoms with Gasteiger partial charge in [0, 0.05) is 30.4 Å². The molecule has 0 radical (unpaired) electrons. The lowest BCUT2D eigenvalue weighted by molar-refractivity contribution is 0.0933. The molecule has 0 saturated carbocycles. The van der Waals surface area contributed by atoms with Crippen molar-refractivity contribution in [2.24, 2.45) is 0 Å². The first-order valence-corrected chi connectivity index (χ1v) is 9.89. The fourth-order valence-corrected chi connectivity index (χ4v) is 3.35. The molecule has 4 rings (SSSR count). The van der Waals surface area contributed by atoms with Gasteiger partial charge in [-0.2, -0.15) is 0 Å². The summed E-state index contributed by atoms with van der Waals surface area (Å²) in [5.74, 6) is 0.646. The van der Waals surface area contributed by atoms with Gasteiger partial charge in [-0.3, -0.25) is 9.78 Å². The van der Waals surface area contributed by atoms with Crippen LogP contribution in [0.1, 0.15) is 35.2 Å². The fraction of sp³-hybridized carbons (Fsp3) is 0.217. The first kappa shape index (κ1) is 19.6. The minimum atomic E-state index is -0.256. The molecule has 1 amide bonds. The van der Waals surface area contributed by atoms with E-state index in [9.17, 15) is 4.79 Å². The maximum Gasteiger partial charge on any atom is 0.274 e. The molecule has 3 heterocycles. The summed E-state index contributed by atoms with van der Waals surface area (Å²) < 4.78 is 7.09. The summed E-state index contributed by atoms with van der Waals surface area (Å²) in [7, 11) is 0. The number of hydrogen-bond donors (Lipinski definition) is 1. The number of para-hydroxylation sites is 1. The molecule has 0 aliphatic carbocycles. The smallest absolute Gasteiger partial charge is 0.274 e. The van der Waals surface area contributed by atoms with Crippen LogP contribution in [0.3, 0.4) is 0 Å². The number of rotatable bonds is 7. The number of aryl methyl sites for hydroxylation is 2. The second-order valence-electron chi connectivity index (χ2n) is 7.21. The SMILES string of the molecule is Cc1ccccc1-n1nnc(C(=O)N[C@@H](C)CCc2ccco2)c1-c1ccncc1. The third-order valence-electron chi connectivity index (χ3n) is 4.96. The van der Waals surface area contributed by atoms with Gasteiger partial charge < -0.3 is 9.73 Å². The molecule has 152 valence electrons. The van der Waals surface area contributed by atoms with E-state index in [1.807, 2.05) is 62.4 Å². The highest BCUT2D eigenvalue weighted by molar-refractivity contribution is 5.98. The molecule has 0 unspecified atom stereocenters. The molecule has 0 aliphatic heterocycles. The topological polar surface area (TPSA) is 85.8 Å². The van der Waals surface area contributed by atoms with Gasteiger partial charge in [0.2, 0.25) is 0 Å². The summed E-state index contributed by atoms with van der Waals surface area (Å²) in [4.78, 5) is 17.2. The number of nitrogens with one attached hydrogen (secondary N) is 1. The summed E-state index contributed by atoms with van der Waals surface area (Å²) in [6.07, 6.45) is 6.55. The lowest BCUT2D eigenvalue weighted by Crippen LogP contribution is -2.33. The highest BCUT2D eigenvalue weighted by Crippen LogP contribution is 2.26. The predicted octanol–water partition coefficient (Wildman–Crippen LogP) is 3.98. The normalized spacial score (nSPS) is 11.9. The van der Waals surface area contributed by atoms with Crippen LogP contribution in [-0.4, -0.2) is 31.9 Å². The van der Waals surface area contributed by atoms with Crippen LogP contribution in [-0.2, 0) is 6.42 Å². The molecule has 0 fully saturated rings. The zero-order chi connectivity index (χ0) is 20.9. The molecular formula is C23H23N5O2. The number of carbonyl (C=O) groups is 1. The van der Waals surface area contributed by atoms with E-state index in [2.05, 4.69) is 20.6 Å². The average Bonchev–Trinajstić information content (AvgIpc) is 3.43. The van der Waals surface area contributed by atoms with E-state index in [0.717, 1.165) is 35.4 Å². The Kier molecular flexibility index (Phi) is 5.70. The number of amides is 1. The molecule has 0 spiro atoms. The fourth-order valence-electron chi connectivity index (χ4n) is 3.35. The van der Waals surface area contributed by atoms with E-state index < -0.39 is 0 Å². The van der Waals surface area contributed by atoms with Crippen molar-refractivity contribution in [1.29, 1.82) is 0 Å². The lowest BCUT2D eigenvalue weighted by Gasteiger charge is -2.14. The van der Waals surface area contributed by atoms with E-state index in [-0.39, 0.29) is 17.6 Å². The molecule has 3 aromatic heterocycles. The second kappa shape index (κ2) is 8.73. The molecule has 1 aromatic carbocycles. The van der Waals surface area contributed by atoms with E-state index in [1.165, 1.54) is 0 Å². The number of nitrogens with zero attached hydrogens (tertiary/aromatic N) is 4. The van der Waals surface area contributed by atoms with Crippen LogP contribution in [0.15, 0.2) is 71.6 Å². The van der Waals surface area contributed by atoms with Crippen LogP contribution in [0.4, 0.5) is 0 Å². The largest absolute Gasteiger partial charge is 0.469 e. The van der Waals surface area contributed by atoms with E-state index in [1.54, 1.807) is 23.3 Å². The molecule has 1 N–H and O–H groups in total. The Morgan fingerprint density at radius 3 is 2.67 bits per heavy atom. The number of benzene rings is 1. The van der Waals surface area contributed by atoms with Crippen molar-refractivity contribution in [2.75, 3.05) is 0 Å². The predicted molar refractivity (Wildman–Crippen MR) is 113 cm³/mol. The Balaban J connectivity index is 1.63. The number of carbonyl (C=O) groups excluding carboxylic acids is 1. The number of furan rings is 1. The van der Waals surface area contributed by atoms with Crippen LogP contribution >= 0.6 is 0 Å². The highest BCUT2D eigenvalue weighted by atomic mass is 16.3. The molecule has 4 aromatic rings. The molecule has 30 heavy (non-hydrogen) atoms. The van der Waals surface area contributed by atoms with E-state index in [4.69, 9.17) is 4.42 Å². The van der Waals surface area contributed by atoms with Gasteiger partial charge in [-0.05, 0) is 56.2 Å². The molecule has 0 saturated heterocycles. The number of aromatic nitrogens is 4. The van der Waals surface area contributed by atoms with Crippen LogP contribution in [0, 0.1) is 6.92 Å². The van der Waals surface area contributed by atoms with Gasteiger partial charge in [0.15, 0.2) is 5.69 Å². The highest BCUT2D eigenvalue weighted by Gasteiger charge is 2.23. The summed E-state index contributed by atoms with van der Waals surface area (Å²) in [6.45, 7) is 3.97. The zero-order valence-electron chi connectivity index (χ0n) is 16.9.